The Morgan fingerprint density at radius 1 is 1.21 bits per heavy atom. The van der Waals surface area contributed by atoms with Crippen LogP contribution in [0.25, 0.3) is 0 Å². The molecule has 1 saturated carbocycles. The number of urea groups is 1. The quantitative estimate of drug-likeness (QED) is 0.926. The van der Waals surface area contributed by atoms with Crippen LogP contribution in [-0.2, 0) is 4.79 Å². The van der Waals surface area contributed by atoms with Gasteiger partial charge in [-0.3, -0.25) is 4.79 Å². The number of amides is 3. The average molecular weight is 331 g/mol. The summed E-state index contributed by atoms with van der Waals surface area (Å²) in [6, 6.07) is 5.06. The van der Waals surface area contributed by atoms with Gasteiger partial charge in [-0.25, -0.2) is 9.18 Å². The molecular weight excluding hydrogens is 309 g/mol. The van der Waals surface area contributed by atoms with E-state index in [-0.39, 0.29) is 23.8 Å². The number of carbonyl (C=O) groups excluding carboxylic acids is 2. The number of nitrogens with zero attached hydrogens (tertiary/aromatic N) is 2. The molecule has 3 aliphatic rings. The molecule has 2 bridgehead atoms. The number of nitrogens with one attached hydrogen (secondary N) is 1. The first-order chi connectivity index (χ1) is 11.6. The Hall–Kier alpha value is -2.11. The predicted molar refractivity (Wildman–Crippen MR) is 87.9 cm³/mol. The molecule has 1 N–H and O–H groups in total. The summed E-state index contributed by atoms with van der Waals surface area (Å²) >= 11 is 0. The number of likely N-dealkylation sites (tertiary alicyclic amines) is 2. The van der Waals surface area contributed by atoms with Gasteiger partial charge in [0.05, 0.1) is 0 Å². The van der Waals surface area contributed by atoms with E-state index in [1.165, 1.54) is 37.1 Å². The van der Waals surface area contributed by atoms with Crippen molar-refractivity contribution in [1.29, 1.82) is 0 Å². The Morgan fingerprint density at radius 3 is 2.67 bits per heavy atom. The zero-order chi connectivity index (χ0) is 16.7. The second-order valence-electron chi connectivity index (χ2n) is 7.22. The minimum atomic E-state index is -0.350. The fourth-order valence-corrected chi connectivity index (χ4v) is 3.80. The average Bonchev–Trinajstić information content (AvgIpc) is 3.38. The van der Waals surface area contributed by atoms with Crippen LogP contribution in [0.2, 0.25) is 0 Å². The van der Waals surface area contributed by atoms with Crippen molar-refractivity contribution in [3.05, 3.63) is 30.1 Å². The van der Waals surface area contributed by atoms with E-state index < -0.39 is 0 Å². The lowest BCUT2D eigenvalue weighted by molar-refractivity contribution is -0.143. The maximum absolute atomic E-state index is 13.0. The van der Waals surface area contributed by atoms with Gasteiger partial charge >= 0.3 is 6.03 Å². The van der Waals surface area contributed by atoms with Gasteiger partial charge in [-0.15, -0.1) is 0 Å². The van der Waals surface area contributed by atoms with Crippen molar-refractivity contribution >= 4 is 17.6 Å². The lowest BCUT2D eigenvalue weighted by atomic mass is 9.86. The topological polar surface area (TPSA) is 52.7 Å². The molecule has 1 aromatic rings. The number of piperidine rings is 2. The summed E-state index contributed by atoms with van der Waals surface area (Å²) in [6.07, 6.45) is 4.13. The van der Waals surface area contributed by atoms with Gasteiger partial charge in [-0.1, -0.05) is 0 Å². The molecule has 3 amide bonds. The van der Waals surface area contributed by atoms with Gasteiger partial charge in [0.2, 0.25) is 5.91 Å². The van der Waals surface area contributed by atoms with E-state index in [0.717, 1.165) is 25.9 Å². The number of halogens is 1. The minimum Gasteiger partial charge on any atom is -0.340 e. The number of fused-ring (bicyclic) bond motifs is 2. The summed E-state index contributed by atoms with van der Waals surface area (Å²) < 4.78 is 13.0. The van der Waals surface area contributed by atoms with Gasteiger partial charge in [0, 0.05) is 25.3 Å². The Morgan fingerprint density at radius 2 is 1.96 bits per heavy atom. The Bertz CT molecular complexity index is 644. The predicted octanol–water partition coefficient (Wildman–Crippen LogP) is 2.69. The molecule has 0 spiro atoms. The zero-order valence-corrected chi connectivity index (χ0v) is 13.6. The van der Waals surface area contributed by atoms with Crippen molar-refractivity contribution in [2.45, 2.75) is 31.7 Å². The monoisotopic (exact) mass is 331 g/mol. The van der Waals surface area contributed by atoms with Crippen molar-refractivity contribution in [3.63, 3.8) is 0 Å². The number of anilines is 1. The molecule has 0 unspecified atom stereocenters. The summed E-state index contributed by atoms with van der Waals surface area (Å²) in [5, 5.41) is 2.78. The minimum absolute atomic E-state index is 0.0899. The fourth-order valence-electron chi connectivity index (χ4n) is 3.80. The maximum Gasteiger partial charge on any atom is 0.322 e. The van der Waals surface area contributed by atoms with E-state index in [0.29, 0.717) is 24.1 Å². The number of hydrogen-bond donors (Lipinski definition) is 1. The first kappa shape index (κ1) is 15.4. The summed E-state index contributed by atoms with van der Waals surface area (Å²) in [5.41, 5.74) is 0.543. The molecule has 5 nitrogen and oxygen atoms in total. The highest BCUT2D eigenvalue weighted by Crippen LogP contribution is 2.35. The second-order valence-corrected chi connectivity index (χ2v) is 7.22. The fraction of sp³-hybridized carbons (Fsp3) is 0.556. The normalized spacial score (nSPS) is 26.5. The number of benzene rings is 1. The largest absolute Gasteiger partial charge is 0.340 e. The van der Waals surface area contributed by atoms with Crippen molar-refractivity contribution < 1.29 is 14.0 Å². The summed E-state index contributed by atoms with van der Waals surface area (Å²) in [6.45, 7) is 2.30. The molecule has 24 heavy (non-hydrogen) atoms. The standard InChI is InChI=1S/C18H22FN3O2/c19-14-3-5-15(6-4-14)20-18(24)22-8-7-13-9-16(22)17(23)21(11-13)10-12-1-2-12/h3-6,12-13,16H,1-2,7-11H2,(H,20,24)/t13-,16+/m0/s1. The first-order valence-corrected chi connectivity index (χ1v) is 8.72. The molecule has 2 heterocycles. The van der Waals surface area contributed by atoms with Crippen LogP contribution in [0.3, 0.4) is 0 Å². The van der Waals surface area contributed by atoms with Crippen LogP contribution in [0.5, 0.6) is 0 Å². The SMILES string of the molecule is O=C1[C@H]2C[C@H](CCN2C(=O)Nc2ccc(F)cc2)CN1CC1CC1. The highest BCUT2D eigenvalue weighted by Gasteiger charge is 2.44. The number of hydrogen-bond acceptors (Lipinski definition) is 2. The first-order valence-electron chi connectivity index (χ1n) is 8.72. The van der Waals surface area contributed by atoms with Gasteiger partial charge < -0.3 is 15.1 Å². The Kier molecular flexibility index (Phi) is 3.90. The van der Waals surface area contributed by atoms with Crippen LogP contribution >= 0.6 is 0 Å². The molecule has 128 valence electrons. The number of carbonyl (C=O) groups is 2. The van der Waals surface area contributed by atoms with Crippen molar-refractivity contribution in [3.8, 4) is 0 Å². The summed E-state index contributed by atoms with van der Waals surface area (Å²) in [7, 11) is 0. The van der Waals surface area contributed by atoms with Crippen molar-refractivity contribution in [1.82, 2.24) is 9.80 Å². The van der Waals surface area contributed by atoms with Gasteiger partial charge in [0.25, 0.3) is 0 Å². The van der Waals surface area contributed by atoms with Crippen LogP contribution in [0.4, 0.5) is 14.9 Å². The van der Waals surface area contributed by atoms with Gasteiger partial charge in [0.15, 0.2) is 0 Å². The van der Waals surface area contributed by atoms with Gasteiger partial charge in [-0.2, -0.15) is 0 Å². The molecule has 2 aliphatic heterocycles. The smallest absolute Gasteiger partial charge is 0.322 e. The van der Waals surface area contributed by atoms with Gasteiger partial charge in [-0.05, 0) is 61.8 Å². The summed E-state index contributed by atoms with van der Waals surface area (Å²) in [5.74, 6) is 0.912. The third-order valence-electron chi connectivity index (χ3n) is 5.32. The Labute approximate surface area is 140 Å². The Balaban J connectivity index is 1.45. The number of rotatable bonds is 3. The van der Waals surface area contributed by atoms with Crippen molar-refractivity contribution in [2.75, 3.05) is 25.0 Å². The van der Waals surface area contributed by atoms with E-state index in [4.69, 9.17) is 0 Å². The molecule has 6 heteroatoms. The second kappa shape index (κ2) is 6.07. The van der Waals surface area contributed by atoms with Crippen LogP contribution < -0.4 is 5.32 Å². The lowest BCUT2D eigenvalue weighted by Crippen LogP contribution is -2.61. The van der Waals surface area contributed by atoms with Crippen LogP contribution in [0.1, 0.15) is 25.7 Å². The molecule has 0 aromatic heterocycles. The lowest BCUT2D eigenvalue weighted by Gasteiger charge is -2.46. The molecule has 2 saturated heterocycles. The zero-order valence-electron chi connectivity index (χ0n) is 13.6. The van der Waals surface area contributed by atoms with Crippen LogP contribution in [-0.4, -0.2) is 47.4 Å². The molecule has 1 aliphatic carbocycles. The van der Waals surface area contributed by atoms with E-state index >= 15 is 0 Å². The highest BCUT2D eigenvalue weighted by atomic mass is 19.1. The maximum atomic E-state index is 13.0. The van der Waals surface area contributed by atoms with E-state index in [2.05, 4.69) is 5.32 Å². The van der Waals surface area contributed by atoms with Crippen LogP contribution in [0.15, 0.2) is 24.3 Å². The molecule has 4 rings (SSSR count). The highest BCUT2D eigenvalue weighted by molar-refractivity contribution is 5.94. The molecule has 2 atom stereocenters. The third-order valence-corrected chi connectivity index (χ3v) is 5.32. The molecular formula is C18H22FN3O2. The van der Waals surface area contributed by atoms with E-state index in [1.807, 2.05) is 4.90 Å². The summed E-state index contributed by atoms with van der Waals surface area (Å²) in [4.78, 5) is 29.0. The third kappa shape index (κ3) is 3.09. The van der Waals surface area contributed by atoms with Crippen LogP contribution in [0, 0.1) is 17.7 Å². The molecule has 0 radical (unpaired) electrons. The van der Waals surface area contributed by atoms with Crippen molar-refractivity contribution in [2.24, 2.45) is 11.8 Å². The van der Waals surface area contributed by atoms with E-state index in [1.54, 1.807) is 4.90 Å². The van der Waals surface area contributed by atoms with Gasteiger partial charge in [0.1, 0.15) is 11.9 Å². The molecule has 1 aromatic carbocycles. The van der Waals surface area contributed by atoms with E-state index in [9.17, 15) is 14.0 Å². The molecule has 3 fully saturated rings.